The Balaban J connectivity index is 3.54. The van der Waals surface area contributed by atoms with Crippen LogP contribution in [-0.4, -0.2) is 24.4 Å². The Labute approximate surface area is 78.9 Å². The number of halogens is 1. The molecule has 0 fully saturated rings. The number of thiocarbonyl (C=S) groups is 1. The van der Waals surface area contributed by atoms with E-state index in [1.807, 2.05) is 6.92 Å². The van der Waals surface area contributed by atoms with Gasteiger partial charge in [0.25, 0.3) is 0 Å². The highest BCUT2D eigenvalue weighted by Crippen LogP contribution is 1.98. The van der Waals surface area contributed by atoms with Crippen molar-refractivity contribution in [2.75, 3.05) is 13.2 Å². The van der Waals surface area contributed by atoms with Gasteiger partial charge in [-0.3, -0.25) is 0 Å². The van der Waals surface area contributed by atoms with Crippen LogP contribution in [0, 0.1) is 5.92 Å². The second kappa shape index (κ2) is 6.17. The molecular weight excluding hydrogens is 175 g/mol. The molecule has 72 valence electrons. The minimum atomic E-state index is -0.391. The van der Waals surface area contributed by atoms with E-state index in [1.165, 1.54) is 0 Å². The first kappa shape index (κ1) is 11.6. The van der Waals surface area contributed by atoms with Gasteiger partial charge in [0.15, 0.2) is 5.11 Å². The average Bonchev–Trinajstić information content (AvgIpc) is 2.00. The Morgan fingerprint density at radius 2 is 2.00 bits per heavy atom. The highest BCUT2D eigenvalue weighted by molar-refractivity contribution is 7.80. The Bertz CT molecular complexity index is 139. The van der Waals surface area contributed by atoms with Crippen LogP contribution in [-0.2, 0) is 0 Å². The Morgan fingerprint density at radius 3 is 2.42 bits per heavy atom. The molecule has 0 aliphatic rings. The van der Waals surface area contributed by atoms with E-state index in [4.69, 9.17) is 12.2 Å². The number of rotatable bonds is 4. The third-order valence-corrected chi connectivity index (χ3v) is 2.00. The lowest BCUT2D eigenvalue weighted by atomic mass is 10.1. The zero-order chi connectivity index (χ0) is 9.56. The van der Waals surface area contributed by atoms with Gasteiger partial charge in [0.2, 0.25) is 0 Å². The molecule has 0 amide bonds. The molecule has 0 aliphatic heterocycles. The maximum atomic E-state index is 11.7. The molecule has 4 heteroatoms. The first-order valence-corrected chi connectivity index (χ1v) is 4.59. The summed E-state index contributed by atoms with van der Waals surface area (Å²) in [5, 5.41) is 6.37. The number of alkyl halides is 1. The normalized spacial score (nSPS) is 12.8. The number of hydrogen-bond acceptors (Lipinski definition) is 1. The summed E-state index contributed by atoms with van der Waals surface area (Å²) in [4.78, 5) is 0. The van der Waals surface area contributed by atoms with E-state index in [1.54, 1.807) is 0 Å². The molecule has 0 bridgehead atoms. The fourth-order valence-corrected chi connectivity index (χ4v) is 0.873. The summed E-state index contributed by atoms with van der Waals surface area (Å²) in [7, 11) is 0. The van der Waals surface area contributed by atoms with E-state index in [9.17, 15) is 4.39 Å². The van der Waals surface area contributed by atoms with E-state index in [0.29, 0.717) is 17.1 Å². The van der Waals surface area contributed by atoms with Gasteiger partial charge in [-0.25, -0.2) is 4.39 Å². The maximum Gasteiger partial charge on any atom is 0.166 e. The lowest BCUT2D eigenvalue weighted by Crippen LogP contribution is -2.43. The van der Waals surface area contributed by atoms with E-state index < -0.39 is 6.67 Å². The predicted octanol–water partition coefficient (Wildman–Crippen LogP) is 1.46. The van der Waals surface area contributed by atoms with Gasteiger partial charge in [0.1, 0.15) is 6.67 Å². The van der Waals surface area contributed by atoms with Gasteiger partial charge < -0.3 is 10.6 Å². The minimum absolute atomic E-state index is 0.288. The van der Waals surface area contributed by atoms with Crippen molar-refractivity contribution in [3.63, 3.8) is 0 Å². The molecule has 0 radical (unpaired) electrons. The van der Waals surface area contributed by atoms with Gasteiger partial charge in [0.05, 0.1) is 0 Å². The molecule has 0 spiro atoms. The summed E-state index contributed by atoms with van der Waals surface area (Å²) >= 11 is 4.93. The Morgan fingerprint density at radius 1 is 1.42 bits per heavy atom. The molecule has 0 rings (SSSR count). The largest absolute Gasteiger partial charge is 0.360 e. The van der Waals surface area contributed by atoms with Crippen LogP contribution in [0.5, 0.6) is 0 Å². The Kier molecular flexibility index (Phi) is 5.98. The zero-order valence-electron chi connectivity index (χ0n) is 7.86. The van der Waals surface area contributed by atoms with Crippen molar-refractivity contribution in [1.82, 2.24) is 10.6 Å². The van der Waals surface area contributed by atoms with Crippen LogP contribution in [0.3, 0.4) is 0 Å². The summed E-state index contributed by atoms with van der Waals surface area (Å²) in [6.45, 7) is 6.16. The molecule has 1 unspecified atom stereocenters. The van der Waals surface area contributed by atoms with Crippen LogP contribution in [0.1, 0.15) is 20.8 Å². The van der Waals surface area contributed by atoms with E-state index in [0.717, 1.165) is 0 Å². The molecule has 12 heavy (non-hydrogen) atoms. The van der Waals surface area contributed by atoms with Crippen molar-refractivity contribution < 1.29 is 4.39 Å². The van der Waals surface area contributed by atoms with E-state index in [2.05, 4.69) is 24.5 Å². The summed E-state index contributed by atoms with van der Waals surface area (Å²) in [5.41, 5.74) is 0. The van der Waals surface area contributed by atoms with Crippen molar-refractivity contribution in [2.45, 2.75) is 26.8 Å². The van der Waals surface area contributed by atoms with Crippen molar-refractivity contribution in [2.24, 2.45) is 5.92 Å². The molecule has 0 aliphatic carbocycles. The molecule has 0 saturated carbocycles. The standard InChI is InChI=1S/C8H17FN2S/c1-6(2)7(3)11-8(12)10-5-4-9/h6-7H,4-5H2,1-3H3,(H2,10,11,12). The predicted molar refractivity (Wildman–Crippen MR) is 54.0 cm³/mol. The quantitative estimate of drug-likeness (QED) is 0.660. The SMILES string of the molecule is CC(C)C(C)NC(=S)NCCF. The molecule has 2 nitrogen and oxygen atoms in total. The van der Waals surface area contributed by atoms with E-state index in [-0.39, 0.29) is 6.54 Å². The van der Waals surface area contributed by atoms with Crippen LogP contribution in [0.4, 0.5) is 4.39 Å². The molecule has 0 heterocycles. The van der Waals surface area contributed by atoms with Gasteiger partial charge in [-0.05, 0) is 25.1 Å². The number of nitrogens with one attached hydrogen (secondary N) is 2. The first-order chi connectivity index (χ1) is 5.57. The van der Waals surface area contributed by atoms with Crippen molar-refractivity contribution in [3.8, 4) is 0 Å². The second-order valence-corrected chi connectivity index (χ2v) is 3.53. The lowest BCUT2D eigenvalue weighted by Gasteiger charge is -2.19. The number of hydrogen-bond donors (Lipinski definition) is 2. The fraction of sp³-hybridized carbons (Fsp3) is 0.875. The summed E-state index contributed by atoms with van der Waals surface area (Å²) < 4.78 is 11.7. The van der Waals surface area contributed by atoms with Gasteiger partial charge >= 0.3 is 0 Å². The third-order valence-electron chi connectivity index (χ3n) is 1.74. The van der Waals surface area contributed by atoms with Crippen LogP contribution in [0.25, 0.3) is 0 Å². The molecule has 2 N–H and O–H groups in total. The fourth-order valence-electron chi connectivity index (χ4n) is 0.585. The van der Waals surface area contributed by atoms with Crippen LogP contribution >= 0.6 is 12.2 Å². The molecule has 0 aromatic carbocycles. The smallest absolute Gasteiger partial charge is 0.166 e. The van der Waals surface area contributed by atoms with Crippen LogP contribution in [0.2, 0.25) is 0 Å². The minimum Gasteiger partial charge on any atom is -0.360 e. The molecular formula is C8H17FN2S. The lowest BCUT2D eigenvalue weighted by molar-refractivity contribution is 0.471. The topological polar surface area (TPSA) is 24.1 Å². The van der Waals surface area contributed by atoms with Crippen molar-refractivity contribution in [3.05, 3.63) is 0 Å². The molecule has 0 saturated heterocycles. The molecule has 0 aromatic rings. The molecule has 0 aromatic heterocycles. The van der Waals surface area contributed by atoms with Crippen molar-refractivity contribution >= 4 is 17.3 Å². The monoisotopic (exact) mass is 192 g/mol. The highest BCUT2D eigenvalue weighted by Gasteiger charge is 2.06. The summed E-state index contributed by atoms with van der Waals surface area (Å²) in [6.07, 6.45) is 0. The highest BCUT2D eigenvalue weighted by atomic mass is 32.1. The maximum absolute atomic E-state index is 11.7. The summed E-state index contributed by atoms with van der Waals surface area (Å²) in [6, 6.07) is 0.324. The van der Waals surface area contributed by atoms with Gasteiger partial charge in [0, 0.05) is 12.6 Å². The van der Waals surface area contributed by atoms with Gasteiger partial charge in [-0.15, -0.1) is 0 Å². The zero-order valence-corrected chi connectivity index (χ0v) is 8.67. The van der Waals surface area contributed by atoms with Crippen molar-refractivity contribution in [1.29, 1.82) is 0 Å². The molecule has 1 atom stereocenters. The van der Waals surface area contributed by atoms with E-state index >= 15 is 0 Å². The van der Waals surface area contributed by atoms with Crippen LogP contribution < -0.4 is 10.6 Å². The van der Waals surface area contributed by atoms with Gasteiger partial charge in [-0.2, -0.15) is 0 Å². The van der Waals surface area contributed by atoms with Crippen LogP contribution in [0.15, 0.2) is 0 Å². The second-order valence-electron chi connectivity index (χ2n) is 3.12. The Hall–Kier alpha value is -0.380. The first-order valence-electron chi connectivity index (χ1n) is 4.18. The van der Waals surface area contributed by atoms with Gasteiger partial charge in [-0.1, -0.05) is 13.8 Å². The summed E-state index contributed by atoms with van der Waals surface area (Å²) in [5.74, 6) is 0.523. The third kappa shape index (κ3) is 5.29. The average molecular weight is 192 g/mol.